The molecule has 0 bridgehead atoms. The SMILES string of the molecule is [C-]#[N+]c1ccc(CCOCOC)cc1. The maximum absolute atomic E-state index is 6.79. The minimum absolute atomic E-state index is 0.333. The van der Waals surface area contributed by atoms with Crippen molar-refractivity contribution >= 4 is 5.69 Å². The first-order chi connectivity index (χ1) is 6.86. The normalized spacial score (nSPS) is 9.71. The molecule has 0 spiro atoms. The molecule has 0 aliphatic carbocycles. The Morgan fingerprint density at radius 1 is 1.29 bits per heavy atom. The van der Waals surface area contributed by atoms with E-state index in [0.717, 1.165) is 6.42 Å². The van der Waals surface area contributed by atoms with Crippen molar-refractivity contribution in [2.24, 2.45) is 0 Å². The van der Waals surface area contributed by atoms with Gasteiger partial charge in [0.05, 0.1) is 13.2 Å². The van der Waals surface area contributed by atoms with E-state index in [2.05, 4.69) is 4.85 Å². The highest BCUT2D eigenvalue weighted by Crippen LogP contribution is 2.12. The van der Waals surface area contributed by atoms with E-state index >= 15 is 0 Å². The molecule has 1 rings (SSSR count). The van der Waals surface area contributed by atoms with E-state index in [-0.39, 0.29) is 0 Å². The molecule has 3 heteroatoms. The minimum Gasteiger partial charge on any atom is -0.359 e. The minimum atomic E-state index is 0.333. The van der Waals surface area contributed by atoms with Crippen molar-refractivity contribution < 1.29 is 9.47 Å². The van der Waals surface area contributed by atoms with E-state index in [4.69, 9.17) is 16.0 Å². The Morgan fingerprint density at radius 3 is 2.57 bits per heavy atom. The van der Waals surface area contributed by atoms with E-state index in [1.807, 2.05) is 24.3 Å². The van der Waals surface area contributed by atoms with Crippen molar-refractivity contribution in [2.45, 2.75) is 6.42 Å². The fourth-order valence-electron chi connectivity index (χ4n) is 1.07. The number of rotatable bonds is 5. The second kappa shape index (κ2) is 6.14. The Bertz CT molecular complexity index is 300. The molecule has 0 aromatic heterocycles. The molecule has 0 saturated carbocycles. The molecule has 0 aliphatic rings. The lowest BCUT2D eigenvalue weighted by Gasteiger charge is -2.02. The summed E-state index contributed by atoms with van der Waals surface area (Å²) in [6.45, 7) is 7.77. The second-order valence-electron chi connectivity index (χ2n) is 2.84. The molecule has 0 saturated heterocycles. The molecule has 1 aromatic carbocycles. The molecule has 1 aromatic rings. The van der Waals surface area contributed by atoms with E-state index in [9.17, 15) is 0 Å². The van der Waals surface area contributed by atoms with Gasteiger partial charge in [0.2, 0.25) is 0 Å². The van der Waals surface area contributed by atoms with Crippen LogP contribution in [0.3, 0.4) is 0 Å². The topological polar surface area (TPSA) is 22.8 Å². The average molecular weight is 191 g/mol. The monoisotopic (exact) mass is 191 g/mol. The molecule has 3 nitrogen and oxygen atoms in total. The van der Waals surface area contributed by atoms with Crippen LogP contribution >= 0.6 is 0 Å². The Balaban J connectivity index is 2.33. The zero-order chi connectivity index (χ0) is 10.2. The van der Waals surface area contributed by atoms with Gasteiger partial charge in [0.1, 0.15) is 6.79 Å². The molecule has 0 atom stereocenters. The fraction of sp³-hybridized carbons (Fsp3) is 0.364. The Hall–Kier alpha value is -1.37. The van der Waals surface area contributed by atoms with Crippen LogP contribution in [0.4, 0.5) is 5.69 Å². The first-order valence-corrected chi connectivity index (χ1v) is 4.40. The third-order valence-electron chi connectivity index (χ3n) is 1.80. The molecule has 0 heterocycles. The molecule has 14 heavy (non-hydrogen) atoms. The van der Waals surface area contributed by atoms with E-state index in [1.54, 1.807) is 7.11 Å². The van der Waals surface area contributed by atoms with E-state index < -0.39 is 0 Å². The number of nitrogens with zero attached hydrogens (tertiary/aromatic N) is 1. The summed E-state index contributed by atoms with van der Waals surface area (Å²) in [6, 6.07) is 7.53. The number of hydrogen-bond acceptors (Lipinski definition) is 2. The van der Waals surface area contributed by atoms with Crippen molar-refractivity contribution in [3.63, 3.8) is 0 Å². The zero-order valence-electron chi connectivity index (χ0n) is 8.19. The van der Waals surface area contributed by atoms with Crippen molar-refractivity contribution in [1.82, 2.24) is 0 Å². The zero-order valence-corrected chi connectivity index (χ0v) is 8.19. The van der Waals surface area contributed by atoms with Crippen LogP contribution < -0.4 is 0 Å². The lowest BCUT2D eigenvalue weighted by Crippen LogP contribution is -2.01. The standard InChI is InChI=1S/C11H13NO2/c1-12-11-5-3-10(4-6-11)7-8-14-9-13-2/h3-6H,7-9H2,2H3. The highest BCUT2D eigenvalue weighted by Gasteiger charge is 1.94. The summed E-state index contributed by atoms with van der Waals surface area (Å²) in [4.78, 5) is 3.32. The summed E-state index contributed by atoms with van der Waals surface area (Å²) in [6.07, 6.45) is 0.849. The highest BCUT2D eigenvalue weighted by atomic mass is 16.7. The summed E-state index contributed by atoms with van der Waals surface area (Å²) in [7, 11) is 1.60. The van der Waals surface area contributed by atoms with Crippen LogP contribution in [0.25, 0.3) is 4.85 Å². The summed E-state index contributed by atoms with van der Waals surface area (Å²) in [5.74, 6) is 0. The second-order valence-corrected chi connectivity index (χ2v) is 2.84. The number of ether oxygens (including phenoxy) is 2. The predicted octanol–water partition coefficient (Wildman–Crippen LogP) is 2.40. The predicted molar refractivity (Wildman–Crippen MR) is 54.2 cm³/mol. The van der Waals surface area contributed by atoms with Crippen molar-refractivity contribution in [2.75, 3.05) is 20.5 Å². The molecule has 0 fully saturated rings. The van der Waals surface area contributed by atoms with Crippen LogP contribution in [0.1, 0.15) is 5.56 Å². The van der Waals surface area contributed by atoms with Crippen LogP contribution in [-0.4, -0.2) is 20.5 Å². The molecule has 0 aliphatic heterocycles. The van der Waals surface area contributed by atoms with Gasteiger partial charge in [0.15, 0.2) is 5.69 Å². The third-order valence-corrected chi connectivity index (χ3v) is 1.80. The number of hydrogen-bond donors (Lipinski definition) is 0. The van der Waals surface area contributed by atoms with E-state index in [1.165, 1.54) is 5.56 Å². The quantitative estimate of drug-likeness (QED) is 0.405. The van der Waals surface area contributed by atoms with Gasteiger partial charge in [-0.1, -0.05) is 24.3 Å². The average Bonchev–Trinajstić information content (AvgIpc) is 2.25. The van der Waals surface area contributed by atoms with Crippen LogP contribution in [0.5, 0.6) is 0 Å². The summed E-state index contributed by atoms with van der Waals surface area (Å²) in [5.41, 5.74) is 1.85. The summed E-state index contributed by atoms with van der Waals surface area (Å²) >= 11 is 0. The molecule has 0 radical (unpaired) electrons. The van der Waals surface area contributed by atoms with Crippen LogP contribution in [0.2, 0.25) is 0 Å². The van der Waals surface area contributed by atoms with Crippen LogP contribution in [0.15, 0.2) is 24.3 Å². The van der Waals surface area contributed by atoms with E-state index in [0.29, 0.717) is 19.1 Å². The van der Waals surface area contributed by atoms with Gasteiger partial charge in [-0.15, -0.1) is 0 Å². The van der Waals surface area contributed by atoms with Crippen molar-refractivity contribution in [3.8, 4) is 0 Å². The molecule has 74 valence electrons. The van der Waals surface area contributed by atoms with Gasteiger partial charge in [-0.25, -0.2) is 4.85 Å². The lowest BCUT2D eigenvalue weighted by atomic mass is 10.1. The van der Waals surface area contributed by atoms with Gasteiger partial charge >= 0.3 is 0 Å². The molecular weight excluding hydrogens is 178 g/mol. The largest absolute Gasteiger partial charge is 0.359 e. The first-order valence-electron chi connectivity index (χ1n) is 4.40. The molecule has 0 unspecified atom stereocenters. The maximum atomic E-state index is 6.79. The van der Waals surface area contributed by atoms with Crippen molar-refractivity contribution in [3.05, 3.63) is 41.2 Å². The first kappa shape index (κ1) is 10.7. The Kier molecular flexibility index (Phi) is 4.70. The molecule has 0 N–H and O–H groups in total. The van der Waals surface area contributed by atoms with Crippen LogP contribution in [0, 0.1) is 6.57 Å². The van der Waals surface area contributed by atoms with Gasteiger partial charge in [0, 0.05) is 7.11 Å². The third kappa shape index (κ3) is 3.56. The highest BCUT2D eigenvalue weighted by molar-refractivity contribution is 5.45. The summed E-state index contributed by atoms with van der Waals surface area (Å²) < 4.78 is 9.91. The lowest BCUT2D eigenvalue weighted by molar-refractivity contribution is -0.0291. The number of benzene rings is 1. The van der Waals surface area contributed by atoms with Gasteiger partial charge in [-0.3, -0.25) is 0 Å². The smallest absolute Gasteiger partial charge is 0.187 e. The van der Waals surface area contributed by atoms with Gasteiger partial charge < -0.3 is 9.47 Å². The number of methoxy groups -OCH3 is 1. The molecular formula is C11H13NO2. The maximum Gasteiger partial charge on any atom is 0.187 e. The van der Waals surface area contributed by atoms with Crippen molar-refractivity contribution in [1.29, 1.82) is 0 Å². The Labute approximate surface area is 84.1 Å². The fourth-order valence-corrected chi connectivity index (χ4v) is 1.07. The van der Waals surface area contributed by atoms with Gasteiger partial charge in [-0.05, 0) is 12.0 Å². The molecule has 0 amide bonds. The Morgan fingerprint density at radius 2 is 2.00 bits per heavy atom. The van der Waals surface area contributed by atoms with Crippen LogP contribution in [-0.2, 0) is 15.9 Å². The van der Waals surface area contributed by atoms with Gasteiger partial charge in [0.25, 0.3) is 0 Å². The van der Waals surface area contributed by atoms with Gasteiger partial charge in [-0.2, -0.15) is 0 Å². The summed E-state index contributed by atoms with van der Waals surface area (Å²) in [5, 5.41) is 0.